The van der Waals surface area contributed by atoms with Crippen LogP contribution in [0.5, 0.6) is 0 Å². The quantitative estimate of drug-likeness (QED) is 0.420. The molecular weight excluding hydrogens is 348 g/mol. The molecule has 0 radical (unpaired) electrons. The van der Waals surface area contributed by atoms with Gasteiger partial charge in [-0.05, 0) is 42.4 Å². The molecule has 0 spiro atoms. The largest absolute Gasteiger partial charge is 0.0982 e. The molecule has 0 saturated heterocycles. The molecule has 0 atom stereocenters. The fraction of sp³-hybridized carbons (Fsp3) is 0.692. The van der Waals surface area contributed by atoms with Crippen LogP contribution in [-0.4, -0.2) is 0 Å². The minimum absolute atomic E-state index is 0.671. The highest BCUT2D eigenvalue weighted by molar-refractivity contribution is 6.31. The van der Waals surface area contributed by atoms with Crippen LogP contribution in [0.1, 0.15) is 122 Å². The second kappa shape index (κ2) is 15.0. The molecule has 2 fully saturated rings. The van der Waals surface area contributed by atoms with Gasteiger partial charge in [0.05, 0.1) is 0 Å². The van der Waals surface area contributed by atoms with Gasteiger partial charge in [-0.25, -0.2) is 0 Å². The Balaban J connectivity index is 0.000000301. The minimum atomic E-state index is 0.671. The molecule has 152 valence electrons. The van der Waals surface area contributed by atoms with E-state index >= 15 is 0 Å². The fourth-order valence-electron chi connectivity index (χ4n) is 3.85. The summed E-state index contributed by atoms with van der Waals surface area (Å²) in [6, 6.07) is 6.31. The SMILES string of the molecule is CC1CCCCC1.CCC.CCC#Cc1ccc(C2CCCCC2)c(Cl)c1. The number of rotatable bonds is 1. The molecule has 0 bridgehead atoms. The normalized spacial score (nSPS) is 17.5. The highest BCUT2D eigenvalue weighted by atomic mass is 35.5. The van der Waals surface area contributed by atoms with Crippen LogP contribution in [0, 0.1) is 17.8 Å². The standard InChI is InChI=1S/C16H19Cl.C7H14.C3H8/c1-2-3-7-13-10-11-15(16(17)12-13)14-8-5-4-6-9-14;1-7-5-3-2-4-6-7;1-3-2/h10-12,14H,2,4-6,8-9H2,1H3;7H,2-6H2,1H3;3H2,1-2H3. The lowest BCUT2D eigenvalue weighted by Gasteiger charge is -2.22. The van der Waals surface area contributed by atoms with Gasteiger partial charge in [0.25, 0.3) is 0 Å². The first kappa shape index (κ1) is 24.1. The van der Waals surface area contributed by atoms with Crippen LogP contribution in [0.25, 0.3) is 0 Å². The Labute approximate surface area is 174 Å². The second-order valence-electron chi connectivity index (χ2n) is 8.18. The summed E-state index contributed by atoms with van der Waals surface area (Å²) >= 11 is 6.37. The zero-order valence-corrected chi connectivity index (χ0v) is 19.0. The molecular formula is C26H41Cl. The van der Waals surface area contributed by atoms with Gasteiger partial charge in [0.2, 0.25) is 0 Å². The van der Waals surface area contributed by atoms with E-state index in [9.17, 15) is 0 Å². The second-order valence-corrected chi connectivity index (χ2v) is 8.58. The molecule has 1 heteroatoms. The van der Waals surface area contributed by atoms with Gasteiger partial charge in [0, 0.05) is 17.0 Å². The summed E-state index contributed by atoms with van der Waals surface area (Å²) in [5, 5.41) is 0.903. The van der Waals surface area contributed by atoms with Crippen molar-refractivity contribution in [2.45, 2.75) is 111 Å². The fourth-order valence-corrected chi connectivity index (χ4v) is 4.18. The van der Waals surface area contributed by atoms with Crippen molar-refractivity contribution in [2.75, 3.05) is 0 Å². The monoisotopic (exact) mass is 388 g/mol. The van der Waals surface area contributed by atoms with Gasteiger partial charge in [-0.2, -0.15) is 0 Å². The Bertz CT molecular complexity index is 551. The van der Waals surface area contributed by atoms with Gasteiger partial charge in [0.15, 0.2) is 0 Å². The van der Waals surface area contributed by atoms with Crippen LogP contribution in [0.3, 0.4) is 0 Å². The highest BCUT2D eigenvalue weighted by Gasteiger charge is 2.17. The molecule has 0 N–H and O–H groups in total. The molecule has 0 unspecified atom stereocenters. The smallest absolute Gasteiger partial charge is 0.0453 e. The first-order valence-corrected chi connectivity index (χ1v) is 11.8. The summed E-state index contributed by atoms with van der Waals surface area (Å²) in [5.74, 6) is 7.92. The van der Waals surface area contributed by atoms with E-state index in [-0.39, 0.29) is 0 Å². The zero-order chi connectivity index (χ0) is 19.9. The van der Waals surface area contributed by atoms with Crippen molar-refractivity contribution in [3.63, 3.8) is 0 Å². The van der Waals surface area contributed by atoms with Crippen LogP contribution in [0.4, 0.5) is 0 Å². The summed E-state index contributed by atoms with van der Waals surface area (Å²) < 4.78 is 0. The average molecular weight is 389 g/mol. The minimum Gasteiger partial charge on any atom is -0.0982 e. The predicted octanol–water partition coefficient (Wildman–Crippen LogP) is 9.15. The zero-order valence-electron chi connectivity index (χ0n) is 18.2. The van der Waals surface area contributed by atoms with Crippen LogP contribution >= 0.6 is 11.6 Å². The molecule has 0 aliphatic heterocycles. The van der Waals surface area contributed by atoms with Crippen LogP contribution in [0.2, 0.25) is 5.02 Å². The summed E-state index contributed by atoms with van der Waals surface area (Å²) in [5.41, 5.74) is 2.37. The van der Waals surface area contributed by atoms with E-state index in [0.717, 1.165) is 22.9 Å². The lowest BCUT2D eigenvalue weighted by Crippen LogP contribution is -2.05. The molecule has 0 aromatic heterocycles. The average Bonchev–Trinajstić information content (AvgIpc) is 2.69. The molecule has 2 saturated carbocycles. The van der Waals surface area contributed by atoms with E-state index in [2.05, 4.69) is 51.7 Å². The Kier molecular flexibility index (Phi) is 13.4. The third kappa shape index (κ3) is 10.3. The van der Waals surface area contributed by atoms with Crippen molar-refractivity contribution < 1.29 is 0 Å². The van der Waals surface area contributed by atoms with Gasteiger partial charge in [-0.1, -0.05) is 115 Å². The van der Waals surface area contributed by atoms with Crippen molar-refractivity contribution in [2.24, 2.45) is 5.92 Å². The van der Waals surface area contributed by atoms with Gasteiger partial charge >= 0.3 is 0 Å². The van der Waals surface area contributed by atoms with Crippen LogP contribution in [0.15, 0.2) is 18.2 Å². The third-order valence-electron chi connectivity index (χ3n) is 5.35. The molecule has 27 heavy (non-hydrogen) atoms. The van der Waals surface area contributed by atoms with Gasteiger partial charge in [-0.3, -0.25) is 0 Å². The van der Waals surface area contributed by atoms with Crippen molar-refractivity contribution >= 4 is 11.6 Å². The lowest BCUT2D eigenvalue weighted by molar-refractivity contribution is 0.385. The van der Waals surface area contributed by atoms with Crippen LogP contribution < -0.4 is 0 Å². The first-order valence-electron chi connectivity index (χ1n) is 11.4. The van der Waals surface area contributed by atoms with E-state index in [1.807, 2.05) is 6.07 Å². The van der Waals surface area contributed by atoms with E-state index in [4.69, 9.17) is 11.6 Å². The summed E-state index contributed by atoms with van der Waals surface area (Å²) in [4.78, 5) is 0. The molecule has 0 heterocycles. The third-order valence-corrected chi connectivity index (χ3v) is 5.68. The maximum absolute atomic E-state index is 6.37. The number of halogens is 1. The molecule has 0 amide bonds. The number of hydrogen-bond acceptors (Lipinski definition) is 0. The maximum atomic E-state index is 6.37. The topological polar surface area (TPSA) is 0 Å². The lowest BCUT2D eigenvalue weighted by atomic mass is 9.84. The summed E-state index contributed by atoms with van der Waals surface area (Å²) in [6.07, 6.45) is 16.2. The summed E-state index contributed by atoms with van der Waals surface area (Å²) in [7, 11) is 0. The van der Waals surface area contributed by atoms with Crippen molar-refractivity contribution in [1.29, 1.82) is 0 Å². The van der Waals surface area contributed by atoms with Gasteiger partial charge in [0.1, 0.15) is 0 Å². The van der Waals surface area contributed by atoms with E-state index in [0.29, 0.717) is 5.92 Å². The Morgan fingerprint density at radius 3 is 1.89 bits per heavy atom. The van der Waals surface area contributed by atoms with Crippen molar-refractivity contribution in [3.05, 3.63) is 34.3 Å². The maximum Gasteiger partial charge on any atom is 0.0453 e. The van der Waals surface area contributed by atoms with Crippen molar-refractivity contribution in [1.82, 2.24) is 0 Å². The number of hydrogen-bond donors (Lipinski definition) is 0. The molecule has 2 aliphatic rings. The highest BCUT2D eigenvalue weighted by Crippen LogP contribution is 2.36. The Morgan fingerprint density at radius 2 is 1.44 bits per heavy atom. The summed E-state index contributed by atoms with van der Waals surface area (Å²) in [6.45, 7) is 8.67. The first-order chi connectivity index (χ1) is 13.1. The number of benzene rings is 1. The van der Waals surface area contributed by atoms with E-state index < -0.39 is 0 Å². The molecule has 2 aliphatic carbocycles. The van der Waals surface area contributed by atoms with Crippen molar-refractivity contribution in [3.8, 4) is 11.8 Å². The molecule has 3 rings (SSSR count). The van der Waals surface area contributed by atoms with E-state index in [1.165, 1.54) is 76.2 Å². The Morgan fingerprint density at radius 1 is 0.889 bits per heavy atom. The predicted molar refractivity (Wildman–Crippen MR) is 123 cm³/mol. The van der Waals surface area contributed by atoms with Gasteiger partial charge < -0.3 is 0 Å². The van der Waals surface area contributed by atoms with E-state index in [1.54, 1.807) is 0 Å². The van der Waals surface area contributed by atoms with Crippen LogP contribution in [-0.2, 0) is 0 Å². The molecule has 1 aromatic rings. The molecule has 1 aromatic carbocycles. The Hall–Kier alpha value is -0.930. The van der Waals surface area contributed by atoms with Gasteiger partial charge in [-0.15, -0.1) is 0 Å². The molecule has 0 nitrogen and oxygen atoms in total.